The molecule has 17 heavy (non-hydrogen) atoms. The van der Waals surface area contributed by atoms with Gasteiger partial charge in [-0.2, -0.15) is 5.10 Å². The molecule has 1 aliphatic rings. The lowest BCUT2D eigenvalue weighted by atomic mass is 9.87. The minimum atomic E-state index is 0.604. The van der Waals surface area contributed by atoms with Crippen molar-refractivity contribution in [1.29, 1.82) is 0 Å². The molecule has 0 bridgehead atoms. The van der Waals surface area contributed by atoms with E-state index >= 15 is 0 Å². The SMILES string of the molecule is CCNC(Cc1ccn(C)n1)C1CCCC1C. The van der Waals surface area contributed by atoms with Gasteiger partial charge in [-0.15, -0.1) is 0 Å². The summed E-state index contributed by atoms with van der Waals surface area (Å²) in [7, 11) is 1.99. The van der Waals surface area contributed by atoms with Crippen LogP contribution in [0.15, 0.2) is 12.3 Å². The molecule has 1 heterocycles. The molecule has 0 aliphatic heterocycles. The number of rotatable bonds is 5. The maximum absolute atomic E-state index is 4.51. The number of likely N-dealkylation sites (N-methyl/N-ethyl adjacent to an activating group) is 1. The van der Waals surface area contributed by atoms with E-state index in [1.165, 1.54) is 25.0 Å². The Bertz CT molecular complexity index is 345. The molecule has 1 saturated carbocycles. The summed E-state index contributed by atoms with van der Waals surface area (Å²) in [5.74, 6) is 1.69. The van der Waals surface area contributed by atoms with Crippen molar-refractivity contribution in [3.05, 3.63) is 18.0 Å². The second-order valence-corrected chi connectivity index (χ2v) is 5.42. The van der Waals surface area contributed by atoms with Crippen LogP contribution in [0.2, 0.25) is 0 Å². The molecule has 1 aromatic rings. The summed E-state index contributed by atoms with van der Waals surface area (Å²) in [6, 6.07) is 2.75. The molecule has 1 N–H and O–H groups in total. The second kappa shape index (κ2) is 5.67. The molecule has 3 heteroatoms. The first-order chi connectivity index (χ1) is 8.20. The van der Waals surface area contributed by atoms with Crippen LogP contribution in [0.4, 0.5) is 0 Å². The van der Waals surface area contributed by atoms with Crippen LogP contribution in [0, 0.1) is 11.8 Å². The maximum Gasteiger partial charge on any atom is 0.0640 e. The van der Waals surface area contributed by atoms with Crippen LogP contribution >= 0.6 is 0 Å². The average molecular weight is 235 g/mol. The summed E-state index contributed by atoms with van der Waals surface area (Å²) >= 11 is 0. The van der Waals surface area contributed by atoms with Gasteiger partial charge in [0.2, 0.25) is 0 Å². The highest BCUT2D eigenvalue weighted by molar-refractivity contribution is 5.03. The van der Waals surface area contributed by atoms with E-state index in [2.05, 4.69) is 30.3 Å². The fraction of sp³-hybridized carbons (Fsp3) is 0.786. The van der Waals surface area contributed by atoms with E-state index in [9.17, 15) is 0 Å². The summed E-state index contributed by atoms with van der Waals surface area (Å²) in [4.78, 5) is 0. The van der Waals surface area contributed by atoms with Gasteiger partial charge in [0, 0.05) is 25.7 Å². The lowest BCUT2D eigenvalue weighted by Crippen LogP contribution is -2.39. The van der Waals surface area contributed by atoms with E-state index < -0.39 is 0 Å². The molecular weight excluding hydrogens is 210 g/mol. The zero-order valence-electron chi connectivity index (χ0n) is 11.3. The first-order valence-electron chi connectivity index (χ1n) is 6.92. The van der Waals surface area contributed by atoms with Gasteiger partial charge in [0.05, 0.1) is 5.69 Å². The molecule has 0 spiro atoms. The van der Waals surface area contributed by atoms with Crippen molar-refractivity contribution in [2.75, 3.05) is 6.54 Å². The molecule has 1 aromatic heterocycles. The van der Waals surface area contributed by atoms with Gasteiger partial charge < -0.3 is 5.32 Å². The van der Waals surface area contributed by atoms with Crippen LogP contribution < -0.4 is 5.32 Å². The predicted octanol–water partition coefficient (Wildman–Crippen LogP) is 2.38. The first kappa shape index (κ1) is 12.6. The Morgan fingerprint density at radius 3 is 2.88 bits per heavy atom. The Kier molecular flexibility index (Phi) is 4.21. The molecule has 3 unspecified atom stereocenters. The van der Waals surface area contributed by atoms with Gasteiger partial charge in [-0.25, -0.2) is 0 Å². The van der Waals surface area contributed by atoms with Gasteiger partial charge in [0.25, 0.3) is 0 Å². The van der Waals surface area contributed by atoms with Gasteiger partial charge >= 0.3 is 0 Å². The van der Waals surface area contributed by atoms with E-state index in [0.717, 1.165) is 24.8 Å². The summed E-state index contributed by atoms with van der Waals surface area (Å²) in [5.41, 5.74) is 1.22. The fourth-order valence-electron chi connectivity index (χ4n) is 3.21. The summed E-state index contributed by atoms with van der Waals surface area (Å²) in [6.07, 6.45) is 7.29. The highest BCUT2D eigenvalue weighted by Gasteiger charge is 2.30. The fourth-order valence-corrected chi connectivity index (χ4v) is 3.21. The highest BCUT2D eigenvalue weighted by Crippen LogP contribution is 2.34. The molecule has 2 rings (SSSR count). The van der Waals surface area contributed by atoms with Crippen LogP contribution in [-0.4, -0.2) is 22.4 Å². The Morgan fingerprint density at radius 2 is 2.35 bits per heavy atom. The molecule has 0 radical (unpaired) electrons. The third-order valence-electron chi connectivity index (χ3n) is 4.11. The molecule has 3 nitrogen and oxygen atoms in total. The quantitative estimate of drug-likeness (QED) is 0.849. The van der Waals surface area contributed by atoms with Gasteiger partial charge in [-0.05, 0) is 30.9 Å². The molecule has 1 aliphatic carbocycles. The Morgan fingerprint density at radius 1 is 1.53 bits per heavy atom. The van der Waals surface area contributed by atoms with Gasteiger partial charge in [0.1, 0.15) is 0 Å². The van der Waals surface area contributed by atoms with Crippen molar-refractivity contribution in [2.24, 2.45) is 18.9 Å². The third kappa shape index (κ3) is 3.09. The topological polar surface area (TPSA) is 29.9 Å². The number of hydrogen-bond acceptors (Lipinski definition) is 2. The molecule has 0 aromatic carbocycles. The van der Waals surface area contributed by atoms with Crippen molar-refractivity contribution >= 4 is 0 Å². The van der Waals surface area contributed by atoms with Crippen molar-refractivity contribution in [1.82, 2.24) is 15.1 Å². The third-order valence-corrected chi connectivity index (χ3v) is 4.11. The zero-order valence-corrected chi connectivity index (χ0v) is 11.3. The largest absolute Gasteiger partial charge is 0.314 e. The number of aromatic nitrogens is 2. The minimum absolute atomic E-state index is 0.604. The Balaban J connectivity index is 2.01. The van der Waals surface area contributed by atoms with Crippen LogP contribution in [0.3, 0.4) is 0 Å². The van der Waals surface area contributed by atoms with Crippen molar-refractivity contribution in [3.63, 3.8) is 0 Å². The predicted molar refractivity (Wildman–Crippen MR) is 70.9 cm³/mol. The van der Waals surface area contributed by atoms with Crippen LogP contribution in [0.5, 0.6) is 0 Å². The van der Waals surface area contributed by atoms with Crippen molar-refractivity contribution < 1.29 is 0 Å². The van der Waals surface area contributed by atoms with E-state index in [-0.39, 0.29) is 0 Å². The van der Waals surface area contributed by atoms with Gasteiger partial charge in [-0.1, -0.05) is 26.7 Å². The number of hydrogen-bond donors (Lipinski definition) is 1. The molecule has 0 amide bonds. The lowest BCUT2D eigenvalue weighted by molar-refractivity contribution is 0.297. The number of nitrogens with one attached hydrogen (secondary N) is 1. The van der Waals surface area contributed by atoms with Crippen molar-refractivity contribution in [2.45, 2.75) is 45.6 Å². The Labute approximate surface area is 105 Å². The zero-order chi connectivity index (χ0) is 12.3. The van der Waals surface area contributed by atoms with Gasteiger partial charge in [0.15, 0.2) is 0 Å². The average Bonchev–Trinajstić information content (AvgIpc) is 2.87. The normalized spacial score (nSPS) is 26.3. The van der Waals surface area contributed by atoms with Gasteiger partial charge in [-0.3, -0.25) is 4.68 Å². The summed E-state index contributed by atoms with van der Waals surface area (Å²) in [5, 5.41) is 8.17. The van der Waals surface area contributed by atoms with E-state index in [1.54, 1.807) is 0 Å². The van der Waals surface area contributed by atoms with E-state index in [4.69, 9.17) is 0 Å². The summed E-state index contributed by atoms with van der Waals surface area (Å²) < 4.78 is 1.90. The van der Waals surface area contributed by atoms with Crippen LogP contribution in [0.25, 0.3) is 0 Å². The molecule has 96 valence electrons. The minimum Gasteiger partial charge on any atom is -0.314 e. The van der Waals surface area contributed by atoms with Crippen LogP contribution in [0.1, 0.15) is 38.8 Å². The van der Waals surface area contributed by atoms with Crippen molar-refractivity contribution in [3.8, 4) is 0 Å². The first-order valence-corrected chi connectivity index (χ1v) is 6.92. The monoisotopic (exact) mass is 235 g/mol. The highest BCUT2D eigenvalue weighted by atomic mass is 15.2. The number of aryl methyl sites for hydroxylation is 1. The second-order valence-electron chi connectivity index (χ2n) is 5.42. The molecule has 1 fully saturated rings. The lowest BCUT2D eigenvalue weighted by Gasteiger charge is -2.27. The maximum atomic E-state index is 4.51. The standard InChI is InChI=1S/C14H25N3/c1-4-15-14(13-7-5-6-11(13)2)10-12-8-9-17(3)16-12/h8-9,11,13-15H,4-7,10H2,1-3H3. The number of nitrogens with zero attached hydrogens (tertiary/aromatic N) is 2. The Hall–Kier alpha value is -0.830. The summed E-state index contributed by atoms with van der Waals surface area (Å²) in [6.45, 7) is 5.66. The molecule has 0 saturated heterocycles. The smallest absolute Gasteiger partial charge is 0.0640 e. The molecule has 3 atom stereocenters. The molecular formula is C14H25N3. The van der Waals surface area contributed by atoms with E-state index in [0.29, 0.717) is 6.04 Å². The van der Waals surface area contributed by atoms with E-state index in [1.807, 2.05) is 17.9 Å². The van der Waals surface area contributed by atoms with Crippen LogP contribution in [-0.2, 0) is 13.5 Å².